The summed E-state index contributed by atoms with van der Waals surface area (Å²) in [5.41, 5.74) is 0.402. The van der Waals surface area contributed by atoms with Crippen LogP contribution in [0.1, 0.15) is 12.5 Å². The van der Waals surface area contributed by atoms with E-state index in [4.69, 9.17) is 13.9 Å². The number of nitro groups is 1. The van der Waals surface area contributed by atoms with E-state index in [1.165, 1.54) is 38.4 Å². The van der Waals surface area contributed by atoms with Gasteiger partial charge in [-0.25, -0.2) is 9.78 Å². The van der Waals surface area contributed by atoms with Gasteiger partial charge in [0.15, 0.2) is 17.6 Å². The Morgan fingerprint density at radius 2 is 1.88 bits per heavy atom. The molecule has 0 saturated heterocycles. The van der Waals surface area contributed by atoms with Gasteiger partial charge in [-0.2, -0.15) is 9.78 Å². The zero-order valence-corrected chi connectivity index (χ0v) is 21.6. The second-order valence-electron chi connectivity index (χ2n) is 8.56. The topological polar surface area (TPSA) is 148 Å². The number of fused-ring (bicyclic) bond motifs is 2. The van der Waals surface area contributed by atoms with Crippen molar-refractivity contribution in [3.05, 3.63) is 92.8 Å². The average molecular weight is 543 g/mol. The molecule has 0 amide bonds. The number of benzene rings is 3. The zero-order chi connectivity index (χ0) is 28.4. The molecule has 0 aliphatic rings. The van der Waals surface area contributed by atoms with E-state index in [1.807, 2.05) is 0 Å². The Kier molecular flexibility index (Phi) is 6.98. The molecule has 12 nitrogen and oxygen atoms in total. The minimum absolute atomic E-state index is 0.124. The summed E-state index contributed by atoms with van der Waals surface area (Å²) in [6.45, 7) is 1.42. The van der Waals surface area contributed by atoms with E-state index in [0.717, 1.165) is 4.68 Å². The Morgan fingerprint density at radius 3 is 2.62 bits per heavy atom. The summed E-state index contributed by atoms with van der Waals surface area (Å²) in [6, 6.07) is 17.9. The number of furan rings is 1. The van der Waals surface area contributed by atoms with Gasteiger partial charge < -0.3 is 18.6 Å². The lowest BCUT2D eigenvalue weighted by molar-refractivity contribution is -0.386. The van der Waals surface area contributed by atoms with Crippen LogP contribution in [-0.4, -0.2) is 47.1 Å². The summed E-state index contributed by atoms with van der Waals surface area (Å²) in [5, 5.41) is 17.1. The number of carbonyl (C=O) groups is 1. The maximum atomic E-state index is 13.5. The lowest BCUT2D eigenvalue weighted by Crippen LogP contribution is -2.25. The van der Waals surface area contributed by atoms with E-state index >= 15 is 0 Å². The molecule has 0 aliphatic heterocycles. The molecule has 5 aromatic rings. The number of hydrogen-bond acceptors (Lipinski definition) is 10. The van der Waals surface area contributed by atoms with Crippen molar-refractivity contribution in [2.24, 2.45) is 5.10 Å². The minimum atomic E-state index is -1.06. The lowest BCUT2D eigenvalue weighted by atomic mass is 10.2. The molecule has 0 unspecified atom stereocenters. The Labute approximate surface area is 226 Å². The van der Waals surface area contributed by atoms with Crippen molar-refractivity contribution >= 4 is 39.7 Å². The molecule has 3 aromatic carbocycles. The van der Waals surface area contributed by atoms with Crippen LogP contribution in [0.3, 0.4) is 0 Å². The number of esters is 1. The first kappa shape index (κ1) is 26.1. The summed E-state index contributed by atoms with van der Waals surface area (Å²) in [5.74, 6) is 0.174. The highest BCUT2D eigenvalue weighted by Crippen LogP contribution is 2.33. The predicted octanol–water partition coefficient (Wildman–Crippen LogP) is 4.55. The van der Waals surface area contributed by atoms with Crippen LogP contribution in [0.5, 0.6) is 11.5 Å². The fourth-order valence-corrected chi connectivity index (χ4v) is 4.10. The number of methoxy groups -OCH3 is 2. The van der Waals surface area contributed by atoms with E-state index in [-0.39, 0.29) is 17.3 Å². The van der Waals surface area contributed by atoms with Crippen molar-refractivity contribution < 1.29 is 28.3 Å². The van der Waals surface area contributed by atoms with Crippen LogP contribution < -0.4 is 15.0 Å². The van der Waals surface area contributed by atoms with E-state index in [0.29, 0.717) is 33.2 Å². The van der Waals surface area contributed by atoms with Crippen molar-refractivity contribution in [1.29, 1.82) is 0 Å². The van der Waals surface area contributed by atoms with Gasteiger partial charge in [0.05, 0.1) is 41.6 Å². The van der Waals surface area contributed by atoms with E-state index in [2.05, 4.69) is 14.8 Å². The maximum absolute atomic E-state index is 13.5. The smallest absolute Gasteiger partial charge is 0.346 e. The Hall–Kier alpha value is -5.52. The van der Waals surface area contributed by atoms with Crippen molar-refractivity contribution in [1.82, 2.24) is 9.66 Å². The highest BCUT2D eigenvalue weighted by molar-refractivity contribution is 5.89. The second-order valence-corrected chi connectivity index (χ2v) is 8.56. The average Bonchev–Trinajstić information content (AvgIpc) is 3.41. The highest BCUT2D eigenvalue weighted by Gasteiger charge is 2.22. The van der Waals surface area contributed by atoms with Gasteiger partial charge in [-0.15, -0.1) is 0 Å². The lowest BCUT2D eigenvalue weighted by Gasteiger charge is -2.12. The summed E-state index contributed by atoms with van der Waals surface area (Å²) in [4.78, 5) is 40.9. The van der Waals surface area contributed by atoms with E-state index < -0.39 is 28.2 Å². The first-order valence-corrected chi connectivity index (χ1v) is 12.0. The van der Waals surface area contributed by atoms with Crippen LogP contribution in [-0.2, 0) is 9.53 Å². The Balaban J connectivity index is 1.61. The molecule has 0 radical (unpaired) electrons. The van der Waals surface area contributed by atoms with Crippen LogP contribution in [0.25, 0.3) is 33.5 Å². The SMILES string of the molecule is COC(=O)[C@H](C)Oc1ccc(C=Nn2c(-c3cc4c(OC)cccc4o3)nc3ccccc3c2=O)cc1[N+](=O)[O-]. The van der Waals surface area contributed by atoms with Crippen molar-refractivity contribution in [2.45, 2.75) is 13.0 Å². The fraction of sp³-hybridized carbons (Fsp3) is 0.143. The first-order chi connectivity index (χ1) is 19.3. The van der Waals surface area contributed by atoms with Gasteiger partial charge in [0.25, 0.3) is 5.56 Å². The number of ether oxygens (including phenoxy) is 3. The third-order valence-corrected chi connectivity index (χ3v) is 6.05. The molecule has 0 N–H and O–H groups in total. The molecule has 40 heavy (non-hydrogen) atoms. The van der Waals surface area contributed by atoms with Gasteiger partial charge >= 0.3 is 11.7 Å². The summed E-state index contributed by atoms with van der Waals surface area (Å²) < 4.78 is 22.5. The van der Waals surface area contributed by atoms with Crippen LogP contribution in [0.15, 0.2) is 81.0 Å². The third-order valence-electron chi connectivity index (χ3n) is 6.05. The molecule has 0 fully saturated rings. The molecule has 1 atom stereocenters. The molecular formula is C28H22N4O8. The van der Waals surface area contributed by atoms with Crippen molar-refractivity contribution in [3.8, 4) is 23.1 Å². The Bertz CT molecular complexity index is 1860. The molecule has 2 heterocycles. The molecular weight excluding hydrogens is 520 g/mol. The van der Waals surface area contributed by atoms with Crippen LogP contribution >= 0.6 is 0 Å². The number of para-hydroxylation sites is 1. The second kappa shape index (κ2) is 10.7. The number of carbonyl (C=O) groups excluding carboxylic acids is 1. The standard InChI is InChI=1S/C28H22N4O8/c1-16(28(34)38-3)39-24-12-11-17(13-21(24)32(35)36)15-29-31-26(30-20-8-5-4-7-18(20)27(31)33)25-14-19-22(37-2)9-6-10-23(19)40-25/h4-16H,1-3H3/t16-/m0/s1. The Morgan fingerprint density at radius 1 is 1.07 bits per heavy atom. The number of nitrogens with zero attached hydrogens (tertiary/aromatic N) is 4. The van der Waals surface area contributed by atoms with E-state index in [9.17, 15) is 19.7 Å². The van der Waals surface area contributed by atoms with Crippen LogP contribution in [0.4, 0.5) is 5.69 Å². The highest BCUT2D eigenvalue weighted by atomic mass is 16.6. The number of nitro benzene ring substituents is 1. The maximum Gasteiger partial charge on any atom is 0.346 e. The third kappa shape index (κ3) is 4.85. The van der Waals surface area contributed by atoms with Crippen LogP contribution in [0.2, 0.25) is 0 Å². The molecule has 0 saturated carbocycles. The van der Waals surface area contributed by atoms with E-state index in [1.54, 1.807) is 55.6 Å². The molecule has 5 rings (SSSR count). The molecule has 0 aliphatic carbocycles. The molecule has 2 aromatic heterocycles. The molecule has 0 spiro atoms. The monoisotopic (exact) mass is 542 g/mol. The number of hydrogen-bond donors (Lipinski definition) is 0. The first-order valence-electron chi connectivity index (χ1n) is 12.0. The number of rotatable bonds is 8. The normalized spacial score (nSPS) is 12.1. The minimum Gasteiger partial charge on any atom is -0.496 e. The summed E-state index contributed by atoms with van der Waals surface area (Å²) in [6.07, 6.45) is 0.223. The van der Waals surface area contributed by atoms with Gasteiger partial charge in [0, 0.05) is 11.6 Å². The molecule has 12 heteroatoms. The van der Waals surface area contributed by atoms with Gasteiger partial charge in [0.1, 0.15) is 11.3 Å². The van der Waals surface area contributed by atoms with Gasteiger partial charge in [0.2, 0.25) is 5.82 Å². The van der Waals surface area contributed by atoms with Gasteiger partial charge in [-0.05, 0) is 49.4 Å². The predicted molar refractivity (Wildman–Crippen MR) is 146 cm³/mol. The van der Waals surface area contributed by atoms with Crippen molar-refractivity contribution in [3.63, 3.8) is 0 Å². The van der Waals surface area contributed by atoms with Crippen molar-refractivity contribution in [2.75, 3.05) is 14.2 Å². The quantitative estimate of drug-likeness (QED) is 0.119. The summed E-state index contributed by atoms with van der Waals surface area (Å²) in [7, 11) is 2.73. The molecule has 0 bridgehead atoms. The van der Waals surface area contributed by atoms with Gasteiger partial charge in [-0.3, -0.25) is 14.9 Å². The summed E-state index contributed by atoms with van der Waals surface area (Å²) >= 11 is 0. The van der Waals surface area contributed by atoms with Gasteiger partial charge in [-0.1, -0.05) is 18.2 Å². The van der Waals surface area contributed by atoms with Crippen LogP contribution in [0, 0.1) is 10.1 Å². The molecule has 202 valence electrons. The fourth-order valence-electron chi connectivity index (χ4n) is 4.10. The zero-order valence-electron chi connectivity index (χ0n) is 21.6. The number of aromatic nitrogens is 2. The largest absolute Gasteiger partial charge is 0.496 e.